The number of rotatable bonds is 4. The van der Waals surface area contributed by atoms with Crippen LogP contribution < -0.4 is 5.73 Å². The van der Waals surface area contributed by atoms with E-state index in [1.807, 2.05) is 0 Å². The van der Waals surface area contributed by atoms with Crippen molar-refractivity contribution in [2.75, 3.05) is 24.6 Å². The van der Waals surface area contributed by atoms with E-state index in [1.54, 1.807) is 6.92 Å². The van der Waals surface area contributed by atoms with Gasteiger partial charge in [0.2, 0.25) is 5.91 Å². The van der Waals surface area contributed by atoms with Gasteiger partial charge in [0.15, 0.2) is 9.84 Å². The largest absolute Gasteiger partial charge is 0.340 e. The molecule has 1 rings (SSSR count). The fraction of sp³-hybridized carbons (Fsp3) is 0.889. The third kappa shape index (κ3) is 4.67. The van der Waals surface area contributed by atoms with Crippen LogP contribution in [0.3, 0.4) is 0 Å². The van der Waals surface area contributed by atoms with E-state index in [2.05, 4.69) is 0 Å². The van der Waals surface area contributed by atoms with Crippen molar-refractivity contribution < 1.29 is 13.2 Å². The lowest BCUT2D eigenvalue weighted by molar-refractivity contribution is -0.127. The highest BCUT2D eigenvalue weighted by Gasteiger charge is 2.26. The molecule has 1 heterocycles. The van der Waals surface area contributed by atoms with Crippen LogP contribution in [0.2, 0.25) is 0 Å². The first-order chi connectivity index (χ1) is 6.94. The Balaban J connectivity index is 0.00000225. The van der Waals surface area contributed by atoms with Gasteiger partial charge in [0.25, 0.3) is 0 Å². The van der Waals surface area contributed by atoms with Crippen LogP contribution in [0.25, 0.3) is 0 Å². The van der Waals surface area contributed by atoms with Gasteiger partial charge in [-0.25, -0.2) is 8.42 Å². The van der Waals surface area contributed by atoms with E-state index in [0.717, 1.165) is 6.42 Å². The van der Waals surface area contributed by atoms with Crippen molar-refractivity contribution in [3.8, 4) is 0 Å². The number of likely N-dealkylation sites (tertiary alicyclic amines) is 1. The van der Waals surface area contributed by atoms with Crippen molar-refractivity contribution in [3.05, 3.63) is 0 Å². The molecule has 1 atom stereocenters. The van der Waals surface area contributed by atoms with Crippen LogP contribution in [0.1, 0.15) is 19.8 Å². The van der Waals surface area contributed by atoms with Gasteiger partial charge in [-0.05, 0) is 12.8 Å². The first kappa shape index (κ1) is 15.7. The van der Waals surface area contributed by atoms with Crippen LogP contribution in [-0.2, 0) is 14.6 Å². The summed E-state index contributed by atoms with van der Waals surface area (Å²) in [4.78, 5) is 13.1. The van der Waals surface area contributed by atoms with E-state index in [1.165, 1.54) is 4.90 Å². The molecule has 0 aromatic rings. The minimum Gasteiger partial charge on any atom is -0.340 e. The molecule has 96 valence electrons. The molecule has 1 aliphatic rings. The highest BCUT2D eigenvalue weighted by Crippen LogP contribution is 2.08. The Hall–Kier alpha value is -0.330. The second-order valence-corrected chi connectivity index (χ2v) is 6.16. The Kier molecular flexibility index (Phi) is 6.28. The first-order valence-corrected chi connectivity index (χ1v) is 7.00. The summed E-state index contributed by atoms with van der Waals surface area (Å²) < 4.78 is 22.8. The SMILES string of the molecule is CCCS(=O)(=O)CC(=O)N1CC[C@H](N)C1.Cl. The summed E-state index contributed by atoms with van der Waals surface area (Å²) in [6, 6.07) is 0.00262. The molecule has 7 heteroatoms. The standard InChI is InChI=1S/C9H18N2O3S.ClH/c1-2-5-15(13,14)7-9(12)11-4-3-8(10)6-11;/h8H,2-7,10H2,1H3;1H/t8-;/m0./s1. The third-order valence-corrected chi connectivity index (χ3v) is 4.15. The smallest absolute Gasteiger partial charge is 0.237 e. The van der Waals surface area contributed by atoms with Crippen LogP contribution in [0.4, 0.5) is 0 Å². The van der Waals surface area contributed by atoms with Gasteiger partial charge < -0.3 is 10.6 Å². The molecule has 1 saturated heterocycles. The number of sulfone groups is 1. The first-order valence-electron chi connectivity index (χ1n) is 5.18. The lowest BCUT2D eigenvalue weighted by atomic mass is 10.3. The van der Waals surface area contributed by atoms with Crippen LogP contribution in [0.5, 0.6) is 0 Å². The molecule has 16 heavy (non-hydrogen) atoms. The van der Waals surface area contributed by atoms with E-state index in [0.29, 0.717) is 19.5 Å². The van der Waals surface area contributed by atoms with Gasteiger partial charge in [0.1, 0.15) is 5.75 Å². The molecule has 5 nitrogen and oxygen atoms in total. The van der Waals surface area contributed by atoms with Gasteiger partial charge in [0.05, 0.1) is 5.75 Å². The molecular weight excluding hydrogens is 252 g/mol. The summed E-state index contributed by atoms with van der Waals surface area (Å²) >= 11 is 0. The van der Waals surface area contributed by atoms with E-state index >= 15 is 0 Å². The molecule has 0 aliphatic carbocycles. The average molecular weight is 271 g/mol. The number of hydrogen-bond acceptors (Lipinski definition) is 4. The summed E-state index contributed by atoms with van der Waals surface area (Å²) in [5.74, 6) is -0.594. The van der Waals surface area contributed by atoms with Gasteiger partial charge in [0, 0.05) is 19.1 Å². The molecule has 1 aliphatic heterocycles. The molecule has 0 aromatic carbocycles. The van der Waals surface area contributed by atoms with E-state index < -0.39 is 9.84 Å². The predicted octanol–water partition coefficient (Wildman–Crippen LogP) is -0.207. The molecule has 1 amide bonds. The van der Waals surface area contributed by atoms with Crippen LogP contribution in [0.15, 0.2) is 0 Å². The van der Waals surface area contributed by atoms with E-state index in [4.69, 9.17) is 5.73 Å². The molecule has 0 unspecified atom stereocenters. The summed E-state index contributed by atoms with van der Waals surface area (Å²) in [6.07, 6.45) is 1.31. The number of nitrogens with two attached hydrogens (primary N) is 1. The summed E-state index contributed by atoms with van der Waals surface area (Å²) in [7, 11) is -3.22. The van der Waals surface area contributed by atoms with Gasteiger partial charge in [-0.2, -0.15) is 0 Å². The Morgan fingerprint density at radius 3 is 2.56 bits per heavy atom. The lowest BCUT2D eigenvalue weighted by Crippen LogP contribution is -2.36. The molecule has 0 spiro atoms. The van der Waals surface area contributed by atoms with Gasteiger partial charge in [-0.15, -0.1) is 12.4 Å². The topological polar surface area (TPSA) is 80.5 Å². The summed E-state index contributed by atoms with van der Waals surface area (Å²) in [5, 5.41) is 0. The van der Waals surface area contributed by atoms with E-state index in [-0.39, 0.29) is 35.9 Å². The van der Waals surface area contributed by atoms with Crippen molar-refractivity contribution in [1.29, 1.82) is 0 Å². The average Bonchev–Trinajstić information content (AvgIpc) is 2.50. The second-order valence-electron chi connectivity index (χ2n) is 3.98. The van der Waals surface area contributed by atoms with Crippen molar-refractivity contribution in [2.24, 2.45) is 5.73 Å². The number of amides is 1. The Morgan fingerprint density at radius 2 is 2.12 bits per heavy atom. The maximum Gasteiger partial charge on any atom is 0.237 e. The van der Waals surface area contributed by atoms with Crippen LogP contribution in [-0.4, -0.2) is 49.9 Å². The van der Waals surface area contributed by atoms with Crippen molar-refractivity contribution in [2.45, 2.75) is 25.8 Å². The summed E-state index contributed by atoms with van der Waals surface area (Å²) in [6.45, 7) is 2.86. The highest BCUT2D eigenvalue weighted by molar-refractivity contribution is 7.92. The molecule has 0 radical (unpaired) electrons. The predicted molar refractivity (Wildman–Crippen MR) is 65.4 cm³/mol. The van der Waals surface area contributed by atoms with Gasteiger partial charge in [-0.3, -0.25) is 4.79 Å². The quantitative estimate of drug-likeness (QED) is 0.767. The molecule has 0 bridgehead atoms. The number of carbonyl (C=O) groups is 1. The van der Waals surface area contributed by atoms with Gasteiger partial charge >= 0.3 is 0 Å². The zero-order valence-corrected chi connectivity index (χ0v) is 11.0. The second kappa shape index (κ2) is 6.42. The number of hydrogen-bond donors (Lipinski definition) is 1. The normalized spacial score (nSPS) is 20.6. The van der Waals surface area contributed by atoms with E-state index in [9.17, 15) is 13.2 Å². The number of carbonyl (C=O) groups excluding carboxylic acids is 1. The maximum atomic E-state index is 11.6. The maximum absolute atomic E-state index is 11.6. The number of nitrogens with zero attached hydrogens (tertiary/aromatic N) is 1. The zero-order valence-electron chi connectivity index (χ0n) is 9.39. The van der Waals surface area contributed by atoms with Crippen molar-refractivity contribution >= 4 is 28.2 Å². The zero-order chi connectivity index (χ0) is 11.5. The van der Waals surface area contributed by atoms with Gasteiger partial charge in [-0.1, -0.05) is 6.92 Å². The Morgan fingerprint density at radius 1 is 1.50 bits per heavy atom. The highest BCUT2D eigenvalue weighted by atomic mass is 35.5. The molecule has 0 saturated carbocycles. The fourth-order valence-electron chi connectivity index (χ4n) is 1.68. The molecular formula is C9H19ClN2O3S. The minimum absolute atomic E-state index is 0. The minimum atomic E-state index is -3.22. The molecule has 0 aromatic heterocycles. The molecule has 1 fully saturated rings. The Labute approximate surface area is 103 Å². The lowest BCUT2D eigenvalue weighted by Gasteiger charge is -2.15. The Bertz CT molecular complexity index is 332. The fourth-order valence-corrected chi connectivity index (χ4v) is 3.00. The van der Waals surface area contributed by atoms with Crippen molar-refractivity contribution in [1.82, 2.24) is 4.90 Å². The third-order valence-electron chi connectivity index (χ3n) is 2.44. The molecule has 2 N–H and O–H groups in total. The number of halogens is 1. The van der Waals surface area contributed by atoms with Crippen molar-refractivity contribution in [3.63, 3.8) is 0 Å². The van der Waals surface area contributed by atoms with Crippen LogP contribution >= 0.6 is 12.4 Å². The monoisotopic (exact) mass is 270 g/mol. The van der Waals surface area contributed by atoms with Crippen LogP contribution in [0, 0.1) is 0 Å². The summed E-state index contributed by atoms with van der Waals surface area (Å²) in [5.41, 5.74) is 5.64.